The van der Waals surface area contributed by atoms with Gasteiger partial charge in [-0.05, 0) is 54.9 Å². The minimum absolute atomic E-state index is 0.342. The van der Waals surface area contributed by atoms with Gasteiger partial charge in [-0.15, -0.1) is 0 Å². The van der Waals surface area contributed by atoms with E-state index in [9.17, 15) is 0 Å². The largest absolute Gasteiger partial charge is 0.0843 e. The van der Waals surface area contributed by atoms with Crippen LogP contribution in [0.5, 0.6) is 0 Å². The lowest BCUT2D eigenvalue weighted by atomic mass is 9.94. The number of hydrogen-bond acceptors (Lipinski definition) is 0. The highest BCUT2D eigenvalue weighted by Crippen LogP contribution is 2.43. The molecule has 1 aromatic rings. The fraction of sp³-hybridized carbons (Fsp3) is 0.417. The van der Waals surface area contributed by atoms with Gasteiger partial charge in [0.05, 0.1) is 0 Å². The van der Waals surface area contributed by atoms with Crippen LogP contribution in [0, 0.1) is 6.92 Å². The molecule has 0 aliphatic heterocycles. The lowest BCUT2D eigenvalue weighted by Gasteiger charge is -2.12. The molecule has 1 saturated carbocycles. The number of halogens is 1. The Labute approximate surface area is 84.9 Å². The van der Waals surface area contributed by atoms with E-state index in [-0.39, 0.29) is 0 Å². The zero-order valence-corrected chi connectivity index (χ0v) is 8.64. The van der Waals surface area contributed by atoms with E-state index in [1.54, 1.807) is 0 Å². The number of benzene rings is 1. The third-order valence-corrected chi connectivity index (χ3v) is 2.83. The quantitative estimate of drug-likeness (QED) is 0.662. The van der Waals surface area contributed by atoms with Crippen LogP contribution in [0.1, 0.15) is 42.7 Å². The molecule has 0 aromatic heterocycles. The molecule has 0 saturated heterocycles. The summed E-state index contributed by atoms with van der Waals surface area (Å²) in [6.45, 7) is 6.18. The first-order valence-electron chi connectivity index (χ1n) is 4.81. The minimum atomic E-state index is 0.342. The Morgan fingerprint density at radius 3 is 2.69 bits per heavy atom. The Hall–Kier alpha value is -0.490. The molecule has 0 spiro atoms. The summed E-state index contributed by atoms with van der Waals surface area (Å²) in [4.78, 5) is 0. The molecule has 1 unspecified atom stereocenters. The number of rotatable bonds is 2. The predicted molar refractivity (Wildman–Crippen MR) is 57.2 cm³/mol. The fourth-order valence-corrected chi connectivity index (χ4v) is 1.92. The normalized spacial score (nSPS) is 16.6. The van der Waals surface area contributed by atoms with Gasteiger partial charge >= 0.3 is 0 Å². The van der Waals surface area contributed by atoms with Crippen molar-refractivity contribution in [1.82, 2.24) is 0 Å². The summed E-state index contributed by atoms with van der Waals surface area (Å²) < 4.78 is 0. The van der Waals surface area contributed by atoms with E-state index < -0.39 is 0 Å². The van der Waals surface area contributed by atoms with Crippen LogP contribution >= 0.6 is 11.6 Å². The average Bonchev–Trinajstić information content (AvgIpc) is 2.87. The summed E-state index contributed by atoms with van der Waals surface area (Å²) >= 11 is 5.96. The Balaban J connectivity index is 2.41. The van der Waals surface area contributed by atoms with Gasteiger partial charge in [-0.1, -0.05) is 24.6 Å². The molecular weight excluding hydrogens is 180 g/mol. The fourth-order valence-electron chi connectivity index (χ4n) is 1.74. The zero-order chi connectivity index (χ0) is 9.42. The van der Waals surface area contributed by atoms with Gasteiger partial charge < -0.3 is 0 Å². The summed E-state index contributed by atoms with van der Waals surface area (Å²) in [5.74, 6) is 1.13. The molecular formula is C12H14Cl. The molecule has 13 heavy (non-hydrogen) atoms. The molecule has 1 radical (unpaired) electrons. The number of hydrogen-bond donors (Lipinski definition) is 0. The van der Waals surface area contributed by atoms with E-state index in [1.165, 1.54) is 24.0 Å². The molecule has 69 valence electrons. The molecule has 0 amide bonds. The Morgan fingerprint density at radius 2 is 2.15 bits per heavy atom. The van der Waals surface area contributed by atoms with Gasteiger partial charge in [-0.3, -0.25) is 0 Å². The average molecular weight is 194 g/mol. The highest BCUT2D eigenvalue weighted by atomic mass is 35.5. The van der Waals surface area contributed by atoms with E-state index in [0.717, 1.165) is 10.9 Å². The summed E-state index contributed by atoms with van der Waals surface area (Å²) in [7, 11) is 0. The van der Waals surface area contributed by atoms with E-state index in [4.69, 9.17) is 11.6 Å². The maximum absolute atomic E-state index is 5.96. The van der Waals surface area contributed by atoms with Gasteiger partial charge in [0.2, 0.25) is 0 Å². The second-order valence-corrected chi connectivity index (χ2v) is 4.38. The first-order valence-corrected chi connectivity index (χ1v) is 5.18. The molecule has 0 nitrogen and oxygen atoms in total. The molecule has 2 rings (SSSR count). The minimum Gasteiger partial charge on any atom is -0.0843 e. The molecule has 1 fully saturated rings. The predicted octanol–water partition coefficient (Wildman–Crippen LogP) is 4.15. The molecule has 0 heterocycles. The van der Waals surface area contributed by atoms with Crippen LogP contribution in [0.4, 0.5) is 0 Å². The van der Waals surface area contributed by atoms with E-state index in [2.05, 4.69) is 26.0 Å². The Kier molecular flexibility index (Phi) is 2.33. The van der Waals surface area contributed by atoms with Crippen molar-refractivity contribution in [1.29, 1.82) is 0 Å². The second kappa shape index (κ2) is 3.34. The van der Waals surface area contributed by atoms with Crippen molar-refractivity contribution < 1.29 is 0 Å². The van der Waals surface area contributed by atoms with Crippen LogP contribution in [0.15, 0.2) is 18.2 Å². The van der Waals surface area contributed by atoms with E-state index >= 15 is 0 Å². The molecule has 1 atom stereocenters. The standard InChI is InChI=1S/C12H14Cl/c1-8(2)12-7-10(13)5-6-11(12)9-3-4-9/h5-9H,1,3-4H2,2H3. The summed E-state index contributed by atoms with van der Waals surface area (Å²) in [6.07, 6.45) is 2.67. The van der Waals surface area contributed by atoms with Crippen molar-refractivity contribution in [3.05, 3.63) is 41.3 Å². The lowest BCUT2D eigenvalue weighted by Crippen LogP contribution is -1.94. The van der Waals surface area contributed by atoms with Crippen LogP contribution in [-0.4, -0.2) is 0 Å². The van der Waals surface area contributed by atoms with Gasteiger partial charge in [0.15, 0.2) is 0 Å². The third kappa shape index (κ3) is 1.88. The van der Waals surface area contributed by atoms with Crippen molar-refractivity contribution in [2.75, 3.05) is 0 Å². The maximum atomic E-state index is 5.96. The first-order chi connectivity index (χ1) is 6.18. The monoisotopic (exact) mass is 193 g/mol. The first kappa shape index (κ1) is 9.08. The summed E-state index contributed by atoms with van der Waals surface area (Å²) in [5, 5.41) is 0.829. The van der Waals surface area contributed by atoms with Crippen molar-refractivity contribution >= 4 is 11.6 Å². The molecule has 1 aromatic carbocycles. The SMILES string of the molecule is [CH2]C(C)c1cc(Cl)ccc1C1CC1. The molecule has 0 bridgehead atoms. The summed E-state index contributed by atoms with van der Waals surface area (Å²) in [5.41, 5.74) is 2.79. The topological polar surface area (TPSA) is 0 Å². The van der Waals surface area contributed by atoms with Crippen LogP contribution in [0.25, 0.3) is 0 Å². The van der Waals surface area contributed by atoms with Gasteiger partial charge in [0.1, 0.15) is 0 Å². The third-order valence-electron chi connectivity index (χ3n) is 2.60. The molecule has 1 aliphatic rings. The zero-order valence-electron chi connectivity index (χ0n) is 7.89. The smallest absolute Gasteiger partial charge is 0.0409 e. The maximum Gasteiger partial charge on any atom is 0.0409 e. The molecule has 1 aliphatic carbocycles. The van der Waals surface area contributed by atoms with Crippen LogP contribution in [-0.2, 0) is 0 Å². The van der Waals surface area contributed by atoms with Gasteiger partial charge in [0.25, 0.3) is 0 Å². The van der Waals surface area contributed by atoms with Crippen molar-refractivity contribution in [2.45, 2.75) is 31.6 Å². The van der Waals surface area contributed by atoms with Gasteiger partial charge in [-0.2, -0.15) is 0 Å². The van der Waals surface area contributed by atoms with Crippen molar-refractivity contribution in [3.63, 3.8) is 0 Å². The molecule has 1 heteroatoms. The van der Waals surface area contributed by atoms with Gasteiger partial charge in [0, 0.05) is 5.02 Å². The lowest BCUT2D eigenvalue weighted by molar-refractivity contribution is 0.922. The van der Waals surface area contributed by atoms with Crippen molar-refractivity contribution in [2.24, 2.45) is 0 Å². The Morgan fingerprint density at radius 1 is 1.46 bits per heavy atom. The highest BCUT2D eigenvalue weighted by molar-refractivity contribution is 6.30. The Bertz CT molecular complexity index is 311. The highest BCUT2D eigenvalue weighted by Gasteiger charge is 2.26. The summed E-state index contributed by atoms with van der Waals surface area (Å²) in [6, 6.07) is 6.21. The van der Waals surface area contributed by atoms with E-state index in [1.807, 2.05) is 6.07 Å². The second-order valence-electron chi connectivity index (χ2n) is 3.95. The van der Waals surface area contributed by atoms with Crippen LogP contribution < -0.4 is 0 Å². The van der Waals surface area contributed by atoms with Gasteiger partial charge in [-0.25, -0.2) is 0 Å². The molecule has 0 N–H and O–H groups in total. The van der Waals surface area contributed by atoms with E-state index in [0.29, 0.717) is 5.92 Å². The van der Waals surface area contributed by atoms with Crippen molar-refractivity contribution in [3.8, 4) is 0 Å². The van der Waals surface area contributed by atoms with Crippen LogP contribution in [0.3, 0.4) is 0 Å². The van der Waals surface area contributed by atoms with Crippen LogP contribution in [0.2, 0.25) is 5.02 Å².